The fourth-order valence-corrected chi connectivity index (χ4v) is 2.41. The van der Waals surface area contributed by atoms with E-state index in [4.69, 9.17) is 11.6 Å². The van der Waals surface area contributed by atoms with Crippen LogP contribution in [0.25, 0.3) is 16.6 Å². The number of hydrogen-bond acceptors (Lipinski definition) is 2. The Morgan fingerprint density at radius 1 is 1.11 bits per heavy atom. The average Bonchev–Trinajstić information content (AvgIpc) is 2.65. The van der Waals surface area contributed by atoms with E-state index < -0.39 is 0 Å². The molecule has 3 rings (SSSR count). The Morgan fingerprint density at radius 2 is 1.89 bits per heavy atom. The van der Waals surface area contributed by atoms with Gasteiger partial charge in [-0.05, 0) is 50.6 Å². The van der Waals surface area contributed by atoms with E-state index in [1.807, 2.05) is 35.9 Å². The predicted octanol–water partition coefficient (Wildman–Crippen LogP) is 4.00. The lowest BCUT2D eigenvalue weighted by molar-refractivity contribution is 0.838. The zero-order valence-electron chi connectivity index (χ0n) is 11.1. The van der Waals surface area contributed by atoms with E-state index in [2.05, 4.69) is 23.9 Å². The molecule has 2 aromatic heterocycles. The number of nitrogens with zero attached hydrogens (tertiary/aromatic N) is 3. The first-order valence-electron chi connectivity index (χ1n) is 6.15. The molecule has 0 saturated heterocycles. The fourth-order valence-electron chi connectivity index (χ4n) is 2.25. The second-order valence-corrected chi connectivity index (χ2v) is 5.14. The van der Waals surface area contributed by atoms with E-state index in [0.717, 1.165) is 28.0 Å². The van der Waals surface area contributed by atoms with Crippen LogP contribution < -0.4 is 0 Å². The van der Waals surface area contributed by atoms with E-state index >= 15 is 0 Å². The van der Waals surface area contributed by atoms with Gasteiger partial charge in [-0.3, -0.25) is 4.98 Å². The van der Waals surface area contributed by atoms with Crippen molar-refractivity contribution < 1.29 is 0 Å². The third-order valence-electron chi connectivity index (χ3n) is 3.56. The molecule has 2 heterocycles. The molecule has 0 fully saturated rings. The van der Waals surface area contributed by atoms with Gasteiger partial charge in [0, 0.05) is 22.3 Å². The van der Waals surface area contributed by atoms with Crippen LogP contribution in [-0.4, -0.2) is 14.8 Å². The lowest BCUT2D eigenvalue weighted by Gasteiger charge is -2.08. The number of pyridine rings is 1. The van der Waals surface area contributed by atoms with Crippen molar-refractivity contribution >= 4 is 22.5 Å². The summed E-state index contributed by atoms with van der Waals surface area (Å²) in [7, 11) is 0. The van der Waals surface area contributed by atoms with Gasteiger partial charge in [-0.2, -0.15) is 5.10 Å². The Morgan fingerprint density at radius 3 is 2.58 bits per heavy atom. The molecule has 1 aromatic carbocycles. The van der Waals surface area contributed by atoms with Crippen LogP contribution in [0.1, 0.15) is 17.0 Å². The Kier molecular flexibility index (Phi) is 2.79. The van der Waals surface area contributed by atoms with Gasteiger partial charge >= 0.3 is 0 Å². The van der Waals surface area contributed by atoms with Crippen LogP contribution in [0.5, 0.6) is 0 Å². The minimum Gasteiger partial charge on any atom is -0.256 e. The maximum absolute atomic E-state index is 6.02. The van der Waals surface area contributed by atoms with Crippen LogP contribution >= 0.6 is 11.6 Å². The van der Waals surface area contributed by atoms with Crippen LogP contribution in [0, 0.1) is 20.8 Å². The highest BCUT2D eigenvalue weighted by Crippen LogP contribution is 2.25. The van der Waals surface area contributed by atoms with Crippen molar-refractivity contribution in [3.05, 3.63) is 52.4 Å². The smallest absolute Gasteiger partial charge is 0.0758 e. The summed E-state index contributed by atoms with van der Waals surface area (Å²) in [6.45, 7) is 6.20. The Labute approximate surface area is 116 Å². The molecule has 0 saturated carbocycles. The molecule has 4 heteroatoms. The Balaban J connectivity index is 2.33. The van der Waals surface area contributed by atoms with Crippen LogP contribution in [0.2, 0.25) is 5.02 Å². The Bertz CT molecular complexity index is 774. The highest BCUT2D eigenvalue weighted by Gasteiger charge is 2.11. The van der Waals surface area contributed by atoms with Crippen molar-refractivity contribution in [2.45, 2.75) is 20.8 Å². The van der Waals surface area contributed by atoms with Crippen LogP contribution in [0.4, 0.5) is 0 Å². The molecule has 0 bridgehead atoms. The Hall–Kier alpha value is -1.87. The van der Waals surface area contributed by atoms with Gasteiger partial charge in [0.05, 0.1) is 16.9 Å². The molecule has 0 N–H and O–H groups in total. The van der Waals surface area contributed by atoms with Gasteiger partial charge in [-0.25, -0.2) is 4.68 Å². The van der Waals surface area contributed by atoms with Crippen LogP contribution in [-0.2, 0) is 0 Å². The molecular weight excluding hydrogens is 258 g/mol. The largest absolute Gasteiger partial charge is 0.256 e. The van der Waals surface area contributed by atoms with Crippen molar-refractivity contribution in [1.82, 2.24) is 14.8 Å². The number of aryl methyl sites for hydroxylation is 1. The van der Waals surface area contributed by atoms with Gasteiger partial charge in [-0.15, -0.1) is 0 Å². The molecule has 0 aliphatic heterocycles. The average molecular weight is 272 g/mol. The number of fused-ring (bicyclic) bond motifs is 1. The zero-order chi connectivity index (χ0) is 13.6. The first-order chi connectivity index (χ1) is 9.08. The summed E-state index contributed by atoms with van der Waals surface area (Å²) in [6.07, 6.45) is 1.79. The predicted molar refractivity (Wildman–Crippen MR) is 78.1 cm³/mol. The third kappa shape index (κ3) is 1.90. The first kappa shape index (κ1) is 12.2. The molecule has 0 radical (unpaired) electrons. The molecule has 0 amide bonds. The van der Waals surface area contributed by atoms with Gasteiger partial charge < -0.3 is 0 Å². The molecule has 0 spiro atoms. The van der Waals surface area contributed by atoms with Gasteiger partial charge in [0.1, 0.15) is 0 Å². The van der Waals surface area contributed by atoms with Crippen molar-refractivity contribution in [3.63, 3.8) is 0 Å². The summed E-state index contributed by atoms with van der Waals surface area (Å²) < 4.78 is 1.97. The maximum atomic E-state index is 6.02. The normalized spacial score (nSPS) is 11.2. The second-order valence-electron chi connectivity index (χ2n) is 4.70. The van der Waals surface area contributed by atoms with Crippen molar-refractivity contribution in [3.8, 4) is 5.69 Å². The van der Waals surface area contributed by atoms with E-state index in [-0.39, 0.29) is 0 Å². The van der Waals surface area contributed by atoms with Gasteiger partial charge in [0.25, 0.3) is 0 Å². The third-order valence-corrected chi connectivity index (χ3v) is 3.80. The summed E-state index contributed by atoms with van der Waals surface area (Å²) in [5.41, 5.74) is 5.35. The quantitative estimate of drug-likeness (QED) is 0.670. The van der Waals surface area contributed by atoms with Crippen LogP contribution in [0.15, 0.2) is 30.5 Å². The summed E-state index contributed by atoms with van der Waals surface area (Å²) in [6, 6.07) is 7.73. The fraction of sp³-hybridized carbons (Fsp3) is 0.200. The highest BCUT2D eigenvalue weighted by atomic mass is 35.5. The summed E-state index contributed by atoms with van der Waals surface area (Å²) in [5.74, 6) is 0. The number of hydrogen-bond donors (Lipinski definition) is 0. The maximum Gasteiger partial charge on any atom is 0.0758 e. The molecule has 3 aromatic rings. The minimum absolute atomic E-state index is 0.696. The second kappa shape index (κ2) is 4.35. The SMILES string of the molecule is Cc1nn(-c2ccnc3cc(Cl)ccc23)c(C)c1C. The molecule has 3 nitrogen and oxygen atoms in total. The lowest BCUT2D eigenvalue weighted by atomic mass is 10.2. The first-order valence-corrected chi connectivity index (χ1v) is 6.53. The van der Waals surface area contributed by atoms with Gasteiger partial charge in [0.2, 0.25) is 0 Å². The highest BCUT2D eigenvalue weighted by molar-refractivity contribution is 6.31. The topological polar surface area (TPSA) is 30.7 Å². The summed E-state index contributed by atoms with van der Waals surface area (Å²) in [4.78, 5) is 4.36. The number of aromatic nitrogens is 3. The number of benzene rings is 1. The summed E-state index contributed by atoms with van der Waals surface area (Å²) >= 11 is 6.02. The molecule has 96 valence electrons. The van der Waals surface area contributed by atoms with Crippen molar-refractivity contribution in [2.75, 3.05) is 0 Å². The van der Waals surface area contributed by atoms with Crippen LogP contribution in [0.3, 0.4) is 0 Å². The van der Waals surface area contributed by atoms with Crippen molar-refractivity contribution in [1.29, 1.82) is 0 Å². The van der Waals surface area contributed by atoms with E-state index in [9.17, 15) is 0 Å². The zero-order valence-corrected chi connectivity index (χ0v) is 11.9. The molecule has 19 heavy (non-hydrogen) atoms. The minimum atomic E-state index is 0.696. The van der Waals surface area contributed by atoms with E-state index in [1.165, 1.54) is 5.56 Å². The molecule has 0 aliphatic rings. The number of rotatable bonds is 1. The van der Waals surface area contributed by atoms with E-state index in [0.29, 0.717) is 5.02 Å². The standard InChI is InChI=1S/C15H14ClN3/c1-9-10(2)18-19(11(9)3)15-6-7-17-14-8-12(16)4-5-13(14)15/h4-8H,1-3H3. The monoisotopic (exact) mass is 271 g/mol. The molecule has 0 unspecified atom stereocenters. The lowest BCUT2D eigenvalue weighted by Crippen LogP contribution is -2.00. The molecule has 0 atom stereocenters. The number of halogens is 1. The van der Waals surface area contributed by atoms with Gasteiger partial charge in [0.15, 0.2) is 0 Å². The van der Waals surface area contributed by atoms with Gasteiger partial charge in [-0.1, -0.05) is 11.6 Å². The van der Waals surface area contributed by atoms with Crippen molar-refractivity contribution in [2.24, 2.45) is 0 Å². The van der Waals surface area contributed by atoms with E-state index in [1.54, 1.807) is 6.20 Å². The molecular formula is C15H14ClN3. The molecule has 0 aliphatic carbocycles. The summed E-state index contributed by atoms with van der Waals surface area (Å²) in [5, 5.41) is 6.36.